The van der Waals surface area contributed by atoms with E-state index in [9.17, 15) is 8.42 Å². The number of hydrogen-bond donors (Lipinski definition) is 1. The molecule has 0 radical (unpaired) electrons. The fourth-order valence-electron chi connectivity index (χ4n) is 2.10. The number of alkyl halides is 1. The van der Waals surface area contributed by atoms with E-state index < -0.39 is 10.2 Å². The number of nitrogens with zero attached hydrogens (tertiary/aromatic N) is 1. The summed E-state index contributed by atoms with van der Waals surface area (Å²) < 4.78 is 28.6. The van der Waals surface area contributed by atoms with E-state index in [0.29, 0.717) is 24.3 Å². The van der Waals surface area contributed by atoms with Crippen molar-refractivity contribution in [3.05, 3.63) is 0 Å². The van der Waals surface area contributed by atoms with Gasteiger partial charge in [-0.1, -0.05) is 36.2 Å². The van der Waals surface area contributed by atoms with Crippen molar-refractivity contribution in [2.45, 2.75) is 45.6 Å². The van der Waals surface area contributed by atoms with Gasteiger partial charge >= 0.3 is 0 Å². The van der Waals surface area contributed by atoms with Gasteiger partial charge in [-0.15, -0.1) is 0 Å². The van der Waals surface area contributed by atoms with E-state index in [0.717, 1.165) is 25.7 Å². The molecular weight excluding hydrogens is 304 g/mol. The lowest BCUT2D eigenvalue weighted by atomic mass is 10.1. The van der Waals surface area contributed by atoms with Crippen LogP contribution in [0.4, 0.5) is 0 Å². The summed E-state index contributed by atoms with van der Waals surface area (Å²) in [4.78, 5) is 0. The van der Waals surface area contributed by atoms with Gasteiger partial charge < -0.3 is 0 Å². The summed E-state index contributed by atoms with van der Waals surface area (Å²) in [6, 6.07) is -0.0121. The van der Waals surface area contributed by atoms with Crippen LogP contribution < -0.4 is 4.72 Å². The Morgan fingerprint density at radius 3 is 2.29 bits per heavy atom. The van der Waals surface area contributed by atoms with Crippen molar-refractivity contribution in [1.82, 2.24) is 9.03 Å². The second-order valence-electron chi connectivity index (χ2n) is 5.06. The van der Waals surface area contributed by atoms with Crippen LogP contribution in [0.5, 0.6) is 0 Å². The van der Waals surface area contributed by atoms with Crippen LogP contribution in [0.3, 0.4) is 0 Å². The van der Waals surface area contributed by atoms with Gasteiger partial charge in [0.2, 0.25) is 0 Å². The Morgan fingerprint density at radius 1 is 1.24 bits per heavy atom. The number of rotatable bonds is 6. The molecule has 0 spiro atoms. The summed E-state index contributed by atoms with van der Waals surface area (Å²) in [6.45, 7) is 5.52. The molecule has 0 saturated carbocycles. The molecule has 1 aliphatic heterocycles. The van der Waals surface area contributed by atoms with Crippen LogP contribution >= 0.6 is 15.9 Å². The molecule has 1 unspecified atom stereocenters. The lowest BCUT2D eigenvalue weighted by Crippen LogP contribution is -2.48. The first-order valence-electron chi connectivity index (χ1n) is 6.29. The van der Waals surface area contributed by atoms with E-state index in [1.54, 1.807) is 4.31 Å². The molecule has 0 aromatic rings. The minimum Gasteiger partial charge on any atom is -0.198 e. The minimum absolute atomic E-state index is 0.0121. The summed E-state index contributed by atoms with van der Waals surface area (Å²) >= 11 is 3.38. The van der Waals surface area contributed by atoms with Crippen LogP contribution in [0.25, 0.3) is 0 Å². The molecule has 1 saturated heterocycles. The van der Waals surface area contributed by atoms with Crippen molar-refractivity contribution < 1.29 is 8.42 Å². The fraction of sp³-hybridized carbons (Fsp3) is 1.00. The Bertz CT molecular complexity index is 313. The number of piperidine rings is 1. The van der Waals surface area contributed by atoms with Gasteiger partial charge in [-0.25, -0.2) is 0 Å². The highest BCUT2D eigenvalue weighted by Gasteiger charge is 2.26. The standard InChI is InChI=1S/C11H23BrN2O2S/c1-10(2)8-11(9-12)13-17(15,16)14-6-4-3-5-7-14/h10-11,13H,3-9H2,1-2H3. The smallest absolute Gasteiger partial charge is 0.198 e. The van der Waals surface area contributed by atoms with Gasteiger partial charge in [0.15, 0.2) is 0 Å². The Hall–Kier alpha value is 0.350. The van der Waals surface area contributed by atoms with Gasteiger partial charge in [0.25, 0.3) is 10.2 Å². The maximum absolute atomic E-state index is 12.1. The minimum atomic E-state index is -3.29. The number of nitrogens with one attached hydrogen (secondary N) is 1. The van der Waals surface area contributed by atoms with Gasteiger partial charge in [0.1, 0.15) is 0 Å². The lowest BCUT2D eigenvalue weighted by molar-refractivity contribution is 0.337. The molecule has 0 bridgehead atoms. The topological polar surface area (TPSA) is 49.4 Å². The van der Waals surface area contributed by atoms with E-state index in [-0.39, 0.29) is 6.04 Å². The molecule has 1 heterocycles. The summed E-state index contributed by atoms with van der Waals surface area (Å²) in [6.07, 6.45) is 3.95. The third kappa shape index (κ3) is 5.24. The highest BCUT2D eigenvalue weighted by atomic mass is 79.9. The predicted molar refractivity (Wildman–Crippen MR) is 74.5 cm³/mol. The largest absolute Gasteiger partial charge is 0.279 e. The quantitative estimate of drug-likeness (QED) is 0.760. The maximum Gasteiger partial charge on any atom is 0.279 e. The summed E-state index contributed by atoms with van der Waals surface area (Å²) in [7, 11) is -3.29. The van der Waals surface area contributed by atoms with Crippen LogP contribution in [0.1, 0.15) is 39.5 Å². The second kappa shape index (κ2) is 7.07. The first-order valence-corrected chi connectivity index (χ1v) is 8.85. The molecule has 6 heteroatoms. The molecule has 17 heavy (non-hydrogen) atoms. The Labute approximate surface area is 113 Å². The maximum atomic E-state index is 12.1. The molecule has 1 atom stereocenters. The Kier molecular flexibility index (Phi) is 6.40. The predicted octanol–water partition coefficient (Wildman–Crippen LogP) is 2.12. The van der Waals surface area contributed by atoms with Crippen LogP contribution in [0.15, 0.2) is 0 Å². The highest BCUT2D eigenvalue weighted by Crippen LogP contribution is 2.14. The number of hydrogen-bond acceptors (Lipinski definition) is 2. The number of halogens is 1. The monoisotopic (exact) mass is 326 g/mol. The summed E-state index contributed by atoms with van der Waals surface area (Å²) in [5.74, 6) is 0.488. The van der Waals surface area contributed by atoms with Crippen LogP contribution in [-0.4, -0.2) is 37.2 Å². The Morgan fingerprint density at radius 2 is 1.82 bits per heavy atom. The first-order chi connectivity index (χ1) is 7.95. The molecule has 1 rings (SSSR count). The van der Waals surface area contributed by atoms with Gasteiger partial charge in [0, 0.05) is 24.5 Å². The molecule has 4 nitrogen and oxygen atoms in total. The van der Waals surface area contributed by atoms with E-state index in [1.807, 2.05) is 0 Å². The Balaban J connectivity index is 2.56. The molecule has 1 fully saturated rings. The van der Waals surface area contributed by atoms with Crippen LogP contribution in [0, 0.1) is 5.92 Å². The third-order valence-electron chi connectivity index (χ3n) is 2.91. The van der Waals surface area contributed by atoms with Gasteiger partial charge in [-0.2, -0.15) is 17.4 Å². The lowest BCUT2D eigenvalue weighted by Gasteiger charge is -2.28. The van der Waals surface area contributed by atoms with E-state index in [4.69, 9.17) is 0 Å². The second-order valence-corrected chi connectivity index (χ2v) is 7.41. The van der Waals surface area contributed by atoms with E-state index in [2.05, 4.69) is 34.5 Å². The van der Waals surface area contributed by atoms with Crippen LogP contribution in [-0.2, 0) is 10.2 Å². The molecule has 0 aliphatic carbocycles. The molecule has 0 aromatic heterocycles. The SMILES string of the molecule is CC(C)CC(CBr)NS(=O)(=O)N1CCCCC1. The van der Waals surface area contributed by atoms with Crippen LogP contribution in [0.2, 0.25) is 0 Å². The van der Waals surface area contributed by atoms with Crippen molar-refractivity contribution in [2.75, 3.05) is 18.4 Å². The molecule has 0 aromatic carbocycles. The van der Waals surface area contributed by atoms with Gasteiger partial charge in [0.05, 0.1) is 0 Å². The van der Waals surface area contributed by atoms with Gasteiger partial charge in [-0.05, 0) is 25.2 Å². The zero-order chi connectivity index (χ0) is 12.9. The molecule has 102 valence electrons. The zero-order valence-corrected chi connectivity index (χ0v) is 13.1. The van der Waals surface area contributed by atoms with Gasteiger partial charge in [-0.3, -0.25) is 0 Å². The van der Waals surface area contributed by atoms with Crippen molar-refractivity contribution in [3.63, 3.8) is 0 Å². The average molecular weight is 327 g/mol. The highest BCUT2D eigenvalue weighted by molar-refractivity contribution is 9.09. The molecular formula is C11H23BrN2O2S. The zero-order valence-electron chi connectivity index (χ0n) is 10.7. The molecule has 1 aliphatic rings. The molecule has 0 amide bonds. The summed E-state index contributed by atoms with van der Waals surface area (Å²) in [5.41, 5.74) is 0. The van der Waals surface area contributed by atoms with E-state index in [1.165, 1.54) is 0 Å². The summed E-state index contributed by atoms with van der Waals surface area (Å²) in [5, 5.41) is 0.665. The first kappa shape index (κ1) is 15.4. The van der Waals surface area contributed by atoms with Crippen molar-refractivity contribution in [2.24, 2.45) is 5.92 Å². The third-order valence-corrected chi connectivity index (χ3v) is 5.37. The van der Waals surface area contributed by atoms with Crippen molar-refractivity contribution >= 4 is 26.1 Å². The molecule has 1 N–H and O–H groups in total. The van der Waals surface area contributed by atoms with Crippen molar-refractivity contribution in [1.29, 1.82) is 0 Å². The normalized spacial score (nSPS) is 20.7. The van der Waals surface area contributed by atoms with E-state index >= 15 is 0 Å². The average Bonchev–Trinajstić information content (AvgIpc) is 2.28. The fourth-order valence-corrected chi connectivity index (χ4v) is 4.23. The van der Waals surface area contributed by atoms with Crippen molar-refractivity contribution in [3.8, 4) is 0 Å².